The van der Waals surface area contributed by atoms with Crippen LogP contribution in [0.15, 0.2) is 158 Å². The molecule has 1 aliphatic heterocycles. The first kappa shape index (κ1) is 26.3. The van der Waals surface area contributed by atoms with E-state index in [2.05, 4.69) is 181 Å². The van der Waals surface area contributed by atoms with Crippen LogP contribution in [0.2, 0.25) is 0 Å². The molecular formula is C43H36N2. The van der Waals surface area contributed by atoms with E-state index >= 15 is 0 Å². The predicted molar refractivity (Wildman–Crippen MR) is 190 cm³/mol. The molecule has 0 aromatic heterocycles. The average Bonchev–Trinajstić information content (AvgIpc) is 3.54. The molecule has 2 heteroatoms. The summed E-state index contributed by atoms with van der Waals surface area (Å²) >= 11 is 0. The van der Waals surface area contributed by atoms with E-state index in [9.17, 15) is 0 Å². The van der Waals surface area contributed by atoms with E-state index in [4.69, 9.17) is 0 Å². The van der Waals surface area contributed by atoms with E-state index < -0.39 is 0 Å². The number of hydrogen-bond acceptors (Lipinski definition) is 2. The van der Waals surface area contributed by atoms with Crippen LogP contribution in [0, 0.1) is 11.8 Å². The summed E-state index contributed by atoms with van der Waals surface area (Å²) in [6.07, 6.45) is 18.5. The Morgan fingerprint density at radius 2 is 1.18 bits per heavy atom. The Hall–Kier alpha value is -5.08. The molecule has 45 heavy (non-hydrogen) atoms. The van der Waals surface area contributed by atoms with Gasteiger partial charge in [0.05, 0.1) is 17.8 Å². The number of para-hydroxylation sites is 1. The molecule has 0 bridgehead atoms. The third-order valence-electron chi connectivity index (χ3n) is 10.6. The highest BCUT2D eigenvalue weighted by atomic mass is 15.2. The van der Waals surface area contributed by atoms with Crippen molar-refractivity contribution in [1.29, 1.82) is 0 Å². The molecule has 0 N–H and O–H groups in total. The highest BCUT2D eigenvalue weighted by Crippen LogP contribution is 2.53. The van der Waals surface area contributed by atoms with Gasteiger partial charge in [-0.3, -0.25) is 0 Å². The van der Waals surface area contributed by atoms with Crippen LogP contribution in [-0.2, 0) is 5.41 Å². The maximum Gasteiger partial charge on any atom is 0.0551 e. The molecule has 4 unspecified atom stereocenters. The summed E-state index contributed by atoms with van der Waals surface area (Å²) in [5.74, 6) is 1.00. The zero-order valence-corrected chi connectivity index (χ0v) is 25.7. The van der Waals surface area contributed by atoms with E-state index in [0.29, 0.717) is 23.9 Å². The van der Waals surface area contributed by atoms with Gasteiger partial charge in [-0.05, 0) is 70.1 Å². The smallest absolute Gasteiger partial charge is 0.0551 e. The van der Waals surface area contributed by atoms with Crippen molar-refractivity contribution in [2.45, 2.75) is 31.3 Å². The Labute approximate surface area is 265 Å². The Balaban J connectivity index is 1.15. The monoisotopic (exact) mass is 580 g/mol. The highest BCUT2D eigenvalue weighted by molar-refractivity contribution is 5.99. The molecule has 1 fully saturated rings. The molecule has 0 spiro atoms. The van der Waals surface area contributed by atoms with Crippen LogP contribution in [0.5, 0.6) is 0 Å². The van der Waals surface area contributed by atoms with E-state index in [1.807, 2.05) is 0 Å². The maximum absolute atomic E-state index is 2.66. The molecule has 3 aliphatic carbocycles. The summed E-state index contributed by atoms with van der Waals surface area (Å²) in [7, 11) is 0. The van der Waals surface area contributed by atoms with E-state index in [1.54, 1.807) is 0 Å². The average molecular weight is 581 g/mol. The molecule has 218 valence electrons. The summed E-state index contributed by atoms with van der Waals surface area (Å²) < 4.78 is 0. The van der Waals surface area contributed by atoms with Crippen molar-refractivity contribution in [3.8, 4) is 11.1 Å². The fourth-order valence-corrected chi connectivity index (χ4v) is 8.46. The highest BCUT2D eigenvalue weighted by Gasteiger charge is 2.46. The first-order chi connectivity index (χ1) is 22.1. The number of rotatable bonds is 4. The first-order valence-corrected chi connectivity index (χ1v) is 16.2. The van der Waals surface area contributed by atoms with Crippen LogP contribution in [-0.4, -0.2) is 12.1 Å². The standard InChI is InChI=1S/C43H36N2/c1-43(2)38-27-31(44(30-15-4-3-5-16-30)40-22-12-14-29-13-6-7-17-33(29)40)23-25-34(38)35-26-24-32(28-39(35)43)45-41-20-10-8-18-36(41)37-19-9-11-21-42(37)45/h3-28,36-37,41-42H,1-2H3. The minimum Gasteiger partial charge on any atom is -0.357 e. The molecule has 2 nitrogen and oxygen atoms in total. The largest absolute Gasteiger partial charge is 0.357 e. The third kappa shape index (κ3) is 3.95. The fraction of sp³-hybridized carbons (Fsp3) is 0.163. The molecule has 4 aliphatic rings. The molecular weight excluding hydrogens is 544 g/mol. The summed E-state index contributed by atoms with van der Waals surface area (Å²) in [5, 5.41) is 2.49. The predicted octanol–water partition coefficient (Wildman–Crippen LogP) is 10.7. The molecule has 4 atom stereocenters. The van der Waals surface area contributed by atoms with Gasteiger partial charge < -0.3 is 9.80 Å². The first-order valence-electron chi connectivity index (χ1n) is 16.2. The topological polar surface area (TPSA) is 6.48 Å². The lowest BCUT2D eigenvalue weighted by molar-refractivity contribution is 0.527. The maximum atomic E-state index is 2.66. The Kier molecular flexibility index (Phi) is 5.83. The SMILES string of the molecule is CC1(C)c2cc(N(c3ccccc3)c3cccc4ccccc34)ccc2-c2ccc(N3C4C=CC=CC4C4C=CC=CC43)cc21. The summed E-state index contributed by atoms with van der Waals surface area (Å²) in [6.45, 7) is 4.80. The number of hydrogen-bond donors (Lipinski definition) is 0. The van der Waals surface area contributed by atoms with Crippen LogP contribution in [0.4, 0.5) is 22.7 Å². The number of anilines is 4. The normalized spacial score (nSPS) is 23.1. The van der Waals surface area contributed by atoms with Crippen LogP contribution < -0.4 is 9.80 Å². The second-order valence-corrected chi connectivity index (χ2v) is 13.3. The van der Waals surface area contributed by atoms with Crippen molar-refractivity contribution < 1.29 is 0 Å². The van der Waals surface area contributed by atoms with E-state index in [1.165, 1.54) is 50.1 Å². The number of allylic oxidation sites excluding steroid dienone is 4. The van der Waals surface area contributed by atoms with Gasteiger partial charge >= 0.3 is 0 Å². The third-order valence-corrected chi connectivity index (χ3v) is 10.6. The van der Waals surface area contributed by atoms with Gasteiger partial charge in [-0.1, -0.05) is 129 Å². The van der Waals surface area contributed by atoms with Crippen LogP contribution >= 0.6 is 0 Å². The summed E-state index contributed by atoms with van der Waals surface area (Å²) in [5.41, 5.74) is 10.2. The molecule has 5 aromatic rings. The molecule has 9 rings (SSSR count). The van der Waals surface area contributed by atoms with Gasteiger partial charge in [-0.2, -0.15) is 0 Å². The van der Waals surface area contributed by atoms with Gasteiger partial charge in [0, 0.05) is 39.7 Å². The second-order valence-electron chi connectivity index (χ2n) is 13.3. The van der Waals surface area contributed by atoms with Crippen molar-refractivity contribution >= 4 is 33.5 Å². The summed E-state index contributed by atoms with van der Waals surface area (Å²) in [6, 6.07) is 41.1. The van der Waals surface area contributed by atoms with Crippen molar-refractivity contribution in [3.05, 3.63) is 169 Å². The zero-order chi connectivity index (χ0) is 30.1. The fourth-order valence-electron chi connectivity index (χ4n) is 8.46. The molecule has 0 radical (unpaired) electrons. The molecule has 1 heterocycles. The molecule has 0 amide bonds. The lowest BCUT2D eigenvalue weighted by Crippen LogP contribution is -2.37. The van der Waals surface area contributed by atoms with Gasteiger partial charge in [-0.15, -0.1) is 0 Å². The van der Waals surface area contributed by atoms with Crippen molar-refractivity contribution in [3.63, 3.8) is 0 Å². The lowest BCUT2D eigenvalue weighted by atomic mass is 9.82. The van der Waals surface area contributed by atoms with Crippen molar-refractivity contribution in [2.75, 3.05) is 9.80 Å². The van der Waals surface area contributed by atoms with Crippen molar-refractivity contribution in [1.82, 2.24) is 0 Å². The van der Waals surface area contributed by atoms with Crippen LogP contribution in [0.3, 0.4) is 0 Å². The van der Waals surface area contributed by atoms with Gasteiger partial charge in [-0.25, -0.2) is 0 Å². The van der Waals surface area contributed by atoms with Crippen molar-refractivity contribution in [2.24, 2.45) is 11.8 Å². The molecule has 0 saturated carbocycles. The van der Waals surface area contributed by atoms with Gasteiger partial charge in [0.2, 0.25) is 0 Å². The Morgan fingerprint density at radius 3 is 1.93 bits per heavy atom. The quantitative estimate of drug-likeness (QED) is 0.209. The summed E-state index contributed by atoms with van der Waals surface area (Å²) in [4.78, 5) is 5.08. The number of fused-ring (bicyclic) bond motifs is 7. The van der Waals surface area contributed by atoms with Gasteiger partial charge in [0.25, 0.3) is 0 Å². The molecule has 1 saturated heterocycles. The minimum absolute atomic E-state index is 0.138. The van der Waals surface area contributed by atoms with Gasteiger partial charge in [0.1, 0.15) is 0 Å². The zero-order valence-electron chi connectivity index (χ0n) is 25.7. The molecule has 5 aromatic carbocycles. The Morgan fingerprint density at radius 1 is 0.556 bits per heavy atom. The van der Waals surface area contributed by atoms with Gasteiger partial charge in [0.15, 0.2) is 0 Å². The number of benzene rings is 5. The van der Waals surface area contributed by atoms with Crippen LogP contribution in [0.1, 0.15) is 25.0 Å². The van der Waals surface area contributed by atoms with E-state index in [-0.39, 0.29) is 5.41 Å². The minimum atomic E-state index is -0.138. The van der Waals surface area contributed by atoms with E-state index in [0.717, 1.165) is 5.69 Å². The van der Waals surface area contributed by atoms with Crippen LogP contribution in [0.25, 0.3) is 21.9 Å². The lowest BCUT2D eigenvalue weighted by Gasteiger charge is -2.33. The second kappa shape index (κ2) is 9.97. The Bertz CT molecular complexity index is 2040. The number of nitrogens with zero attached hydrogens (tertiary/aromatic N) is 2.